The summed E-state index contributed by atoms with van der Waals surface area (Å²) in [6, 6.07) is 22.6. The van der Waals surface area contributed by atoms with Gasteiger partial charge in [0.2, 0.25) is 0 Å². The lowest BCUT2D eigenvalue weighted by molar-refractivity contribution is 0.0934. The van der Waals surface area contributed by atoms with Crippen molar-refractivity contribution in [1.82, 2.24) is 10.3 Å². The van der Waals surface area contributed by atoms with E-state index in [1.54, 1.807) is 17.0 Å². The molecule has 0 aliphatic carbocycles. The molecule has 1 atom stereocenters. The monoisotopic (exact) mass is 387 g/mol. The van der Waals surface area contributed by atoms with E-state index in [0.717, 1.165) is 17.7 Å². The zero-order chi connectivity index (χ0) is 20.6. The largest absolute Gasteiger partial charge is 0.348 e. The van der Waals surface area contributed by atoms with E-state index in [-0.39, 0.29) is 23.6 Å². The van der Waals surface area contributed by atoms with E-state index in [1.807, 2.05) is 74.5 Å². The molecule has 2 amide bonds. The second-order valence-corrected chi connectivity index (χ2v) is 6.92. The summed E-state index contributed by atoms with van der Waals surface area (Å²) in [7, 11) is 0. The summed E-state index contributed by atoms with van der Waals surface area (Å²) in [6.07, 6.45) is 2.33. The minimum Gasteiger partial charge on any atom is -0.348 e. The maximum Gasteiger partial charge on any atom is 0.270 e. The Balaban J connectivity index is 1.90. The normalized spacial score (nSPS) is 11.5. The van der Waals surface area contributed by atoms with Crippen LogP contribution in [0.4, 0.5) is 5.69 Å². The Kier molecular flexibility index (Phi) is 6.74. The highest BCUT2D eigenvalue weighted by Crippen LogP contribution is 2.20. The van der Waals surface area contributed by atoms with Crippen molar-refractivity contribution in [1.29, 1.82) is 0 Å². The molecule has 1 unspecified atom stereocenters. The molecule has 0 bridgehead atoms. The number of hydrogen-bond donors (Lipinski definition) is 1. The molecule has 1 heterocycles. The van der Waals surface area contributed by atoms with Gasteiger partial charge in [0, 0.05) is 23.5 Å². The van der Waals surface area contributed by atoms with Crippen LogP contribution in [0.15, 0.2) is 79.0 Å². The number of aromatic nitrogens is 1. The minimum absolute atomic E-state index is 0.0440. The number of hydrogen-bond acceptors (Lipinski definition) is 3. The third-order valence-corrected chi connectivity index (χ3v) is 4.73. The van der Waals surface area contributed by atoms with Crippen molar-refractivity contribution >= 4 is 17.5 Å². The lowest BCUT2D eigenvalue weighted by Crippen LogP contribution is -2.33. The zero-order valence-corrected chi connectivity index (χ0v) is 16.7. The second kappa shape index (κ2) is 9.64. The van der Waals surface area contributed by atoms with E-state index in [2.05, 4.69) is 10.3 Å². The molecule has 0 aliphatic heterocycles. The Morgan fingerprint density at radius 3 is 2.31 bits per heavy atom. The van der Waals surface area contributed by atoms with Gasteiger partial charge in [-0.2, -0.15) is 0 Å². The molecule has 29 heavy (non-hydrogen) atoms. The molecule has 0 aliphatic rings. The maximum atomic E-state index is 13.4. The molecule has 3 rings (SSSR count). The van der Waals surface area contributed by atoms with Gasteiger partial charge < -0.3 is 10.2 Å². The molecule has 1 N–H and O–H groups in total. The van der Waals surface area contributed by atoms with Gasteiger partial charge in [0.15, 0.2) is 0 Å². The van der Waals surface area contributed by atoms with Gasteiger partial charge in [0.1, 0.15) is 5.69 Å². The highest BCUT2D eigenvalue weighted by Gasteiger charge is 2.20. The Bertz CT molecular complexity index is 958. The lowest BCUT2D eigenvalue weighted by Gasteiger charge is -2.23. The molecule has 0 spiro atoms. The van der Waals surface area contributed by atoms with Gasteiger partial charge in [0.25, 0.3) is 11.8 Å². The van der Waals surface area contributed by atoms with Gasteiger partial charge in [-0.3, -0.25) is 14.6 Å². The predicted octanol–water partition coefficient (Wildman–Crippen LogP) is 4.46. The van der Waals surface area contributed by atoms with E-state index < -0.39 is 0 Å². The van der Waals surface area contributed by atoms with Crippen LogP contribution in [0.1, 0.15) is 46.7 Å². The first-order valence-corrected chi connectivity index (χ1v) is 9.76. The van der Waals surface area contributed by atoms with Crippen LogP contribution in [0.25, 0.3) is 0 Å². The van der Waals surface area contributed by atoms with Crippen molar-refractivity contribution in [2.45, 2.75) is 32.9 Å². The minimum atomic E-state index is -0.275. The van der Waals surface area contributed by atoms with Gasteiger partial charge in [-0.1, -0.05) is 55.5 Å². The highest BCUT2D eigenvalue weighted by molar-refractivity contribution is 6.07. The van der Waals surface area contributed by atoms with Crippen molar-refractivity contribution in [2.24, 2.45) is 0 Å². The number of carbonyl (C=O) groups is 2. The molecule has 0 saturated heterocycles. The number of carbonyl (C=O) groups excluding carboxylic acids is 2. The molecular formula is C24H25N3O2. The predicted molar refractivity (Wildman–Crippen MR) is 115 cm³/mol. The molecule has 3 aromatic rings. The fourth-order valence-corrected chi connectivity index (χ4v) is 2.90. The van der Waals surface area contributed by atoms with E-state index in [9.17, 15) is 9.59 Å². The standard InChI is InChI=1S/C24H25N3O2/c1-3-18(2)26-23(28)22-16-20(14-15-25-22)24(29)27(21-12-8-5-9-13-21)17-19-10-6-4-7-11-19/h4-16,18H,3,17H2,1-2H3,(H,26,28). The summed E-state index contributed by atoms with van der Waals surface area (Å²) >= 11 is 0. The summed E-state index contributed by atoms with van der Waals surface area (Å²) in [6.45, 7) is 4.37. The van der Waals surface area contributed by atoms with E-state index in [4.69, 9.17) is 0 Å². The average molecular weight is 387 g/mol. The summed E-state index contributed by atoms with van der Waals surface area (Å²) in [5.41, 5.74) is 2.48. The van der Waals surface area contributed by atoms with Gasteiger partial charge in [-0.15, -0.1) is 0 Å². The van der Waals surface area contributed by atoms with Crippen LogP contribution < -0.4 is 10.2 Å². The van der Waals surface area contributed by atoms with Crippen molar-refractivity contribution in [2.75, 3.05) is 4.90 Å². The van der Waals surface area contributed by atoms with Crippen LogP contribution in [-0.4, -0.2) is 22.8 Å². The molecule has 148 valence electrons. The Morgan fingerprint density at radius 2 is 1.66 bits per heavy atom. The van der Waals surface area contributed by atoms with Crippen LogP contribution in [0.5, 0.6) is 0 Å². The Labute approximate surface area is 171 Å². The number of amides is 2. The van der Waals surface area contributed by atoms with Gasteiger partial charge in [-0.05, 0) is 43.2 Å². The van der Waals surface area contributed by atoms with Crippen molar-refractivity contribution in [3.63, 3.8) is 0 Å². The number of anilines is 1. The Morgan fingerprint density at radius 1 is 1.00 bits per heavy atom. The molecule has 5 nitrogen and oxygen atoms in total. The van der Waals surface area contributed by atoms with Crippen molar-refractivity contribution in [3.05, 3.63) is 95.8 Å². The number of nitrogens with one attached hydrogen (secondary N) is 1. The fraction of sp³-hybridized carbons (Fsp3) is 0.208. The van der Waals surface area contributed by atoms with Crippen LogP contribution >= 0.6 is 0 Å². The van der Waals surface area contributed by atoms with Crippen LogP contribution in [0, 0.1) is 0 Å². The van der Waals surface area contributed by atoms with E-state index >= 15 is 0 Å². The third kappa shape index (κ3) is 5.29. The summed E-state index contributed by atoms with van der Waals surface area (Å²) in [5, 5.41) is 2.89. The average Bonchev–Trinajstić information content (AvgIpc) is 2.78. The summed E-state index contributed by atoms with van der Waals surface area (Å²) in [5.74, 6) is -0.455. The van der Waals surface area contributed by atoms with Crippen LogP contribution in [0.3, 0.4) is 0 Å². The summed E-state index contributed by atoms with van der Waals surface area (Å²) < 4.78 is 0. The number of nitrogens with zero attached hydrogens (tertiary/aromatic N) is 2. The number of para-hydroxylation sites is 1. The first kappa shape index (κ1) is 20.3. The Hall–Kier alpha value is -3.47. The summed E-state index contributed by atoms with van der Waals surface area (Å²) in [4.78, 5) is 31.6. The topological polar surface area (TPSA) is 62.3 Å². The van der Waals surface area contributed by atoms with Crippen molar-refractivity contribution < 1.29 is 9.59 Å². The highest BCUT2D eigenvalue weighted by atomic mass is 16.2. The van der Waals surface area contributed by atoms with E-state index in [1.165, 1.54) is 6.20 Å². The van der Waals surface area contributed by atoms with Gasteiger partial charge in [0.05, 0.1) is 6.54 Å². The zero-order valence-electron chi connectivity index (χ0n) is 16.7. The number of benzene rings is 2. The molecule has 0 saturated carbocycles. The molecule has 0 fully saturated rings. The number of rotatable bonds is 7. The molecular weight excluding hydrogens is 362 g/mol. The maximum absolute atomic E-state index is 13.4. The third-order valence-electron chi connectivity index (χ3n) is 4.73. The van der Waals surface area contributed by atoms with Crippen molar-refractivity contribution in [3.8, 4) is 0 Å². The molecule has 2 aromatic carbocycles. The first-order valence-electron chi connectivity index (χ1n) is 9.76. The molecule has 5 heteroatoms. The SMILES string of the molecule is CCC(C)NC(=O)c1cc(C(=O)N(Cc2ccccc2)c2ccccc2)ccn1. The van der Waals surface area contributed by atoms with Gasteiger partial charge in [-0.25, -0.2) is 0 Å². The second-order valence-electron chi connectivity index (χ2n) is 6.92. The quantitative estimate of drug-likeness (QED) is 0.651. The van der Waals surface area contributed by atoms with Gasteiger partial charge >= 0.3 is 0 Å². The van der Waals surface area contributed by atoms with Crippen LogP contribution in [-0.2, 0) is 6.54 Å². The molecule has 1 aromatic heterocycles. The van der Waals surface area contributed by atoms with Crippen LogP contribution in [0.2, 0.25) is 0 Å². The smallest absolute Gasteiger partial charge is 0.270 e. The number of pyridine rings is 1. The van der Waals surface area contributed by atoms with E-state index in [0.29, 0.717) is 12.1 Å². The lowest BCUT2D eigenvalue weighted by atomic mass is 10.1. The first-order chi connectivity index (χ1) is 14.1. The fourth-order valence-electron chi connectivity index (χ4n) is 2.90. The molecule has 0 radical (unpaired) electrons.